The Bertz CT molecular complexity index is 364. The molecule has 0 fully saturated rings. The van der Waals surface area contributed by atoms with Crippen molar-refractivity contribution in [3.63, 3.8) is 0 Å². The molecule has 1 aromatic rings. The molecule has 0 aliphatic rings. The lowest BCUT2D eigenvalue weighted by Gasteiger charge is -2.14. The highest BCUT2D eigenvalue weighted by Crippen LogP contribution is 2.07. The lowest BCUT2D eigenvalue weighted by atomic mass is 10.4. The average Bonchev–Trinajstić information content (AvgIpc) is 2.60. The zero-order valence-electron chi connectivity index (χ0n) is 10.1. The van der Waals surface area contributed by atoms with Crippen molar-refractivity contribution in [2.24, 2.45) is 0 Å². The fraction of sp³-hybridized carbons (Fsp3) is 0.700. The largest absolute Gasteiger partial charge is 0.358 e. The second kappa shape index (κ2) is 5.77. The molecule has 0 bridgehead atoms. The van der Waals surface area contributed by atoms with E-state index in [-0.39, 0.29) is 0 Å². The van der Waals surface area contributed by atoms with Crippen LogP contribution < -0.4 is 0 Å². The van der Waals surface area contributed by atoms with Crippen LogP contribution in [0.25, 0.3) is 0 Å². The summed E-state index contributed by atoms with van der Waals surface area (Å²) in [6, 6.07) is 3.17. The van der Waals surface area contributed by atoms with Crippen LogP contribution in [0.3, 0.4) is 0 Å². The van der Waals surface area contributed by atoms with Crippen LogP contribution in [0.4, 0.5) is 0 Å². The van der Waals surface area contributed by atoms with Gasteiger partial charge in [-0.2, -0.15) is 20.3 Å². The van der Waals surface area contributed by atoms with Gasteiger partial charge in [-0.1, -0.05) is 19.6 Å². The quantitative estimate of drug-likeness (QED) is 0.558. The molecule has 1 heterocycles. The molecule has 0 atom stereocenters. The van der Waals surface area contributed by atoms with E-state index in [2.05, 4.69) is 29.8 Å². The number of hydrogen-bond acceptors (Lipinski definition) is 4. The van der Waals surface area contributed by atoms with Gasteiger partial charge in [-0.15, -0.1) is 0 Å². The topological polar surface area (TPSA) is 63.7 Å². The Balaban J connectivity index is 2.25. The molecule has 16 heavy (non-hydrogen) atoms. The predicted octanol–water partition coefficient (Wildman–Crippen LogP) is 1.66. The summed E-state index contributed by atoms with van der Waals surface area (Å²) >= 11 is 0. The Morgan fingerprint density at radius 1 is 1.50 bits per heavy atom. The van der Waals surface area contributed by atoms with E-state index in [1.165, 1.54) is 4.80 Å². The van der Waals surface area contributed by atoms with Gasteiger partial charge in [-0.3, -0.25) is 0 Å². The van der Waals surface area contributed by atoms with Crippen LogP contribution >= 0.6 is 0 Å². The number of aromatic nitrogens is 3. The lowest BCUT2D eigenvalue weighted by Crippen LogP contribution is -2.22. The molecule has 0 N–H and O–H groups in total. The zero-order valence-corrected chi connectivity index (χ0v) is 11.1. The van der Waals surface area contributed by atoms with Crippen LogP contribution in [-0.2, 0) is 17.9 Å². The fourth-order valence-electron chi connectivity index (χ4n) is 1.08. The van der Waals surface area contributed by atoms with Gasteiger partial charge in [0.25, 0.3) is 0 Å². The summed E-state index contributed by atoms with van der Waals surface area (Å²) in [6.45, 7) is 8.06. The minimum Gasteiger partial charge on any atom is -0.358 e. The molecule has 0 aliphatic carbocycles. The van der Waals surface area contributed by atoms with E-state index in [9.17, 15) is 0 Å². The van der Waals surface area contributed by atoms with E-state index in [1.54, 1.807) is 6.20 Å². The molecule has 0 spiro atoms. The van der Waals surface area contributed by atoms with Crippen LogP contribution in [0.1, 0.15) is 5.69 Å². The summed E-state index contributed by atoms with van der Waals surface area (Å²) in [5, 5.41) is 16.6. The van der Waals surface area contributed by atoms with Gasteiger partial charge in [-0.05, 0) is 6.04 Å². The molecule has 0 radical (unpaired) electrons. The first-order chi connectivity index (χ1) is 7.51. The van der Waals surface area contributed by atoms with Crippen LogP contribution in [0.2, 0.25) is 25.7 Å². The predicted molar refractivity (Wildman–Crippen MR) is 63.4 cm³/mol. The van der Waals surface area contributed by atoms with E-state index in [4.69, 9.17) is 10.00 Å². The molecule has 0 unspecified atom stereocenters. The highest BCUT2D eigenvalue weighted by atomic mass is 28.3. The van der Waals surface area contributed by atoms with Gasteiger partial charge in [0.05, 0.1) is 24.4 Å². The van der Waals surface area contributed by atoms with E-state index in [0.717, 1.165) is 12.7 Å². The first-order valence-electron chi connectivity index (χ1n) is 5.35. The minimum absolute atomic E-state index is 0.301. The van der Waals surface area contributed by atoms with E-state index in [1.807, 2.05) is 6.07 Å². The molecule has 1 rings (SSSR count). The third-order valence-electron chi connectivity index (χ3n) is 2.05. The molecule has 0 saturated heterocycles. The first kappa shape index (κ1) is 12.9. The van der Waals surface area contributed by atoms with E-state index in [0.29, 0.717) is 18.8 Å². The number of rotatable bonds is 6. The van der Waals surface area contributed by atoms with E-state index < -0.39 is 8.07 Å². The summed E-state index contributed by atoms with van der Waals surface area (Å²) in [5.41, 5.74) is 0.691. The van der Waals surface area contributed by atoms with Gasteiger partial charge in [0.15, 0.2) is 6.73 Å². The second-order valence-electron chi connectivity index (χ2n) is 4.89. The highest BCUT2D eigenvalue weighted by Gasteiger charge is 2.12. The summed E-state index contributed by atoms with van der Waals surface area (Å²) in [4.78, 5) is 1.48. The Hall–Kier alpha value is -1.19. The van der Waals surface area contributed by atoms with Gasteiger partial charge in [0.2, 0.25) is 0 Å². The van der Waals surface area contributed by atoms with Crippen molar-refractivity contribution < 1.29 is 4.74 Å². The molecule has 1 aromatic heterocycles. The molecular formula is C10H18N4OSi. The third-order valence-corrected chi connectivity index (χ3v) is 3.75. The maximum atomic E-state index is 8.48. The SMILES string of the molecule is C[Si](C)(C)CCOCn1ncc(CC#N)n1. The summed E-state index contributed by atoms with van der Waals surface area (Å²) < 4.78 is 5.48. The summed E-state index contributed by atoms with van der Waals surface area (Å²) in [7, 11) is -1.02. The van der Waals surface area contributed by atoms with Gasteiger partial charge < -0.3 is 4.74 Å². The van der Waals surface area contributed by atoms with Crippen LogP contribution in [0.15, 0.2) is 6.20 Å². The van der Waals surface area contributed by atoms with Crippen molar-refractivity contribution in [3.05, 3.63) is 11.9 Å². The molecule has 0 aliphatic heterocycles. The lowest BCUT2D eigenvalue weighted by molar-refractivity contribution is 0.0683. The van der Waals surface area contributed by atoms with Gasteiger partial charge in [0.1, 0.15) is 0 Å². The van der Waals surface area contributed by atoms with Crippen molar-refractivity contribution in [2.75, 3.05) is 6.61 Å². The van der Waals surface area contributed by atoms with Crippen LogP contribution in [-0.4, -0.2) is 29.7 Å². The molecule has 88 valence electrons. The van der Waals surface area contributed by atoms with Crippen molar-refractivity contribution in [3.8, 4) is 6.07 Å². The first-order valence-corrected chi connectivity index (χ1v) is 9.06. The fourth-order valence-corrected chi connectivity index (χ4v) is 1.84. The molecule has 0 aromatic carbocycles. The van der Waals surface area contributed by atoms with Gasteiger partial charge >= 0.3 is 0 Å². The Morgan fingerprint density at radius 2 is 2.25 bits per heavy atom. The number of nitriles is 1. The molecular weight excluding hydrogens is 220 g/mol. The Morgan fingerprint density at radius 3 is 2.88 bits per heavy atom. The van der Waals surface area contributed by atoms with Gasteiger partial charge in [0, 0.05) is 14.7 Å². The van der Waals surface area contributed by atoms with Crippen molar-refractivity contribution >= 4 is 8.07 Å². The zero-order chi connectivity index (χ0) is 12.0. The minimum atomic E-state index is -1.02. The monoisotopic (exact) mass is 238 g/mol. The van der Waals surface area contributed by atoms with Crippen LogP contribution in [0.5, 0.6) is 0 Å². The Kier molecular flexibility index (Phi) is 4.64. The van der Waals surface area contributed by atoms with Crippen molar-refractivity contribution in [2.45, 2.75) is 38.8 Å². The van der Waals surface area contributed by atoms with Crippen molar-refractivity contribution in [1.82, 2.24) is 15.0 Å². The maximum absolute atomic E-state index is 8.48. The van der Waals surface area contributed by atoms with Crippen molar-refractivity contribution in [1.29, 1.82) is 5.26 Å². The van der Waals surface area contributed by atoms with E-state index >= 15 is 0 Å². The Labute approximate surface area is 97.0 Å². The van der Waals surface area contributed by atoms with Crippen LogP contribution in [0, 0.1) is 11.3 Å². The molecule has 0 saturated carbocycles. The molecule has 5 nitrogen and oxygen atoms in total. The number of hydrogen-bond donors (Lipinski definition) is 0. The maximum Gasteiger partial charge on any atom is 0.158 e. The molecule has 0 amide bonds. The normalized spacial score (nSPS) is 11.4. The second-order valence-corrected chi connectivity index (χ2v) is 10.5. The summed E-state index contributed by atoms with van der Waals surface area (Å²) in [6.07, 6.45) is 1.90. The molecule has 6 heteroatoms. The number of ether oxygens (including phenoxy) is 1. The van der Waals surface area contributed by atoms with Gasteiger partial charge in [-0.25, -0.2) is 0 Å². The smallest absolute Gasteiger partial charge is 0.158 e. The number of nitrogens with zero attached hydrogens (tertiary/aromatic N) is 4. The average molecular weight is 238 g/mol. The highest BCUT2D eigenvalue weighted by molar-refractivity contribution is 6.76. The standard InChI is InChI=1S/C10H18N4OSi/c1-16(2,3)7-6-15-9-14-12-8-10(13-14)4-5-11/h8H,4,6-7,9H2,1-3H3. The third kappa shape index (κ3) is 5.05. The summed E-state index contributed by atoms with van der Waals surface area (Å²) in [5.74, 6) is 0.